The van der Waals surface area contributed by atoms with Gasteiger partial charge in [0.25, 0.3) is 0 Å². The summed E-state index contributed by atoms with van der Waals surface area (Å²) >= 11 is 0. The van der Waals surface area contributed by atoms with E-state index in [-0.39, 0.29) is 10.8 Å². The summed E-state index contributed by atoms with van der Waals surface area (Å²) in [6.07, 6.45) is 2.09. The van der Waals surface area contributed by atoms with Crippen molar-refractivity contribution in [2.24, 2.45) is 5.14 Å². The molecule has 0 spiro atoms. The van der Waals surface area contributed by atoms with E-state index in [2.05, 4.69) is 35.3 Å². The predicted octanol–water partition coefficient (Wildman–Crippen LogP) is 1.71. The Labute approximate surface area is 154 Å². The van der Waals surface area contributed by atoms with Crippen LogP contribution in [0.25, 0.3) is 0 Å². The molecule has 0 aliphatic carbocycles. The summed E-state index contributed by atoms with van der Waals surface area (Å²) in [6.45, 7) is 3.60. The number of aryl methyl sites for hydroxylation is 2. The summed E-state index contributed by atoms with van der Waals surface area (Å²) < 4.78 is 22.5. The zero-order valence-corrected chi connectivity index (χ0v) is 15.6. The Morgan fingerprint density at radius 1 is 1.19 bits per heavy atom. The minimum Gasteiger partial charge on any atom is -0.362 e. The molecule has 0 saturated carbocycles. The summed E-state index contributed by atoms with van der Waals surface area (Å²) in [5.41, 5.74) is 4.48. The first-order chi connectivity index (χ1) is 12.3. The Bertz CT molecular complexity index is 908. The van der Waals surface area contributed by atoms with Crippen molar-refractivity contribution >= 4 is 21.6 Å². The van der Waals surface area contributed by atoms with Crippen molar-refractivity contribution in [3.05, 3.63) is 59.2 Å². The summed E-state index contributed by atoms with van der Waals surface area (Å²) in [7, 11) is -3.70. The van der Waals surface area contributed by atoms with Gasteiger partial charge in [-0.3, -0.25) is 4.79 Å². The van der Waals surface area contributed by atoms with E-state index < -0.39 is 10.0 Å². The molecule has 0 atom stereocenters. The first-order valence-corrected chi connectivity index (χ1v) is 10.1. The van der Waals surface area contributed by atoms with Crippen molar-refractivity contribution in [2.45, 2.75) is 31.2 Å². The summed E-state index contributed by atoms with van der Waals surface area (Å²) in [6, 6.07) is 12.5. The smallest absolute Gasteiger partial charge is 0.239 e. The number of hydrogen-bond acceptors (Lipinski definition) is 4. The number of nitrogens with zero attached hydrogens (tertiary/aromatic N) is 1. The third kappa shape index (κ3) is 4.42. The van der Waals surface area contributed by atoms with Gasteiger partial charge in [0.1, 0.15) is 0 Å². The van der Waals surface area contributed by atoms with Crippen LogP contribution in [0.15, 0.2) is 47.4 Å². The van der Waals surface area contributed by atoms with Crippen LogP contribution in [0.5, 0.6) is 0 Å². The van der Waals surface area contributed by atoms with Gasteiger partial charge in [0, 0.05) is 18.8 Å². The van der Waals surface area contributed by atoms with E-state index in [4.69, 9.17) is 5.14 Å². The highest BCUT2D eigenvalue weighted by Gasteiger charge is 2.19. The molecule has 6 nitrogen and oxygen atoms in total. The van der Waals surface area contributed by atoms with Crippen molar-refractivity contribution in [3.63, 3.8) is 0 Å². The van der Waals surface area contributed by atoms with Crippen LogP contribution in [0.2, 0.25) is 0 Å². The molecule has 7 heteroatoms. The molecule has 0 bridgehead atoms. The molecule has 26 heavy (non-hydrogen) atoms. The number of amides is 1. The number of nitrogens with two attached hydrogens (primary N) is 1. The van der Waals surface area contributed by atoms with Gasteiger partial charge in [-0.15, -0.1) is 0 Å². The lowest BCUT2D eigenvalue weighted by Gasteiger charge is -2.31. The van der Waals surface area contributed by atoms with Crippen molar-refractivity contribution in [3.8, 4) is 0 Å². The molecule has 0 unspecified atom stereocenters. The van der Waals surface area contributed by atoms with Crippen molar-refractivity contribution in [2.75, 3.05) is 18.0 Å². The number of rotatable bonds is 5. The number of fused-ring (bicyclic) bond motifs is 1. The highest BCUT2D eigenvalue weighted by molar-refractivity contribution is 7.89. The van der Waals surface area contributed by atoms with Crippen molar-refractivity contribution in [1.29, 1.82) is 0 Å². The van der Waals surface area contributed by atoms with Crippen molar-refractivity contribution < 1.29 is 13.2 Å². The summed E-state index contributed by atoms with van der Waals surface area (Å²) in [4.78, 5) is 14.5. The van der Waals surface area contributed by atoms with Crippen molar-refractivity contribution in [1.82, 2.24) is 5.32 Å². The van der Waals surface area contributed by atoms with Gasteiger partial charge in [-0.2, -0.15) is 0 Å². The second kappa shape index (κ2) is 7.47. The molecule has 1 heterocycles. The van der Waals surface area contributed by atoms with Crippen LogP contribution in [0.4, 0.5) is 5.69 Å². The molecule has 0 fully saturated rings. The lowest BCUT2D eigenvalue weighted by atomic mass is 9.99. The van der Waals surface area contributed by atoms with E-state index in [1.165, 1.54) is 23.3 Å². The monoisotopic (exact) mass is 373 g/mol. The molecule has 2 aromatic rings. The number of hydrogen-bond donors (Lipinski definition) is 2. The SMILES string of the molecule is Cc1ccc2c(c1)CCCN2CC(=O)NCc1ccc(S(N)(=O)=O)cc1. The summed E-state index contributed by atoms with van der Waals surface area (Å²) in [5, 5.41) is 7.96. The van der Waals surface area contributed by atoms with Crippen LogP contribution < -0.4 is 15.4 Å². The van der Waals surface area contributed by atoms with E-state index in [0.717, 1.165) is 30.6 Å². The van der Waals surface area contributed by atoms with Crippen LogP contribution in [-0.4, -0.2) is 27.4 Å². The van der Waals surface area contributed by atoms with E-state index in [1.807, 2.05) is 0 Å². The molecular weight excluding hydrogens is 350 g/mol. The average Bonchev–Trinajstić information content (AvgIpc) is 2.59. The molecule has 1 amide bonds. The van der Waals surface area contributed by atoms with Crippen LogP contribution >= 0.6 is 0 Å². The Balaban J connectivity index is 1.59. The Hall–Kier alpha value is -2.38. The van der Waals surface area contributed by atoms with Gasteiger partial charge in [-0.05, 0) is 49.1 Å². The number of nitrogens with one attached hydrogen (secondary N) is 1. The first kappa shape index (κ1) is 18.4. The molecule has 0 saturated heterocycles. The van der Waals surface area contributed by atoms with Gasteiger partial charge < -0.3 is 10.2 Å². The standard InChI is InChI=1S/C19H23N3O3S/c1-14-4-9-18-16(11-14)3-2-10-22(18)13-19(23)21-12-15-5-7-17(8-6-15)26(20,24)25/h4-9,11H,2-3,10,12-13H2,1H3,(H,21,23)(H2,20,24,25). The molecule has 3 rings (SSSR count). The van der Waals surface area contributed by atoms with Gasteiger partial charge in [0.2, 0.25) is 15.9 Å². The highest BCUT2D eigenvalue weighted by atomic mass is 32.2. The third-order valence-corrected chi connectivity index (χ3v) is 5.46. The second-order valence-electron chi connectivity index (χ2n) is 6.62. The van der Waals surface area contributed by atoms with Gasteiger partial charge in [-0.25, -0.2) is 13.6 Å². The quantitative estimate of drug-likeness (QED) is 0.834. The van der Waals surface area contributed by atoms with Gasteiger partial charge in [-0.1, -0.05) is 29.8 Å². The van der Waals surface area contributed by atoms with E-state index in [0.29, 0.717) is 13.1 Å². The van der Waals surface area contributed by atoms with Gasteiger partial charge in [0.05, 0.1) is 11.4 Å². The molecule has 0 aromatic heterocycles. The lowest BCUT2D eigenvalue weighted by molar-refractivity contribution is -0.119. The number of carbonyl (C=O) groups excluding carboxylic acids is 1. The minimum absolute atomic E-state index is 0.0612. The second-order valence-corrected chi connectivity index (χ2v) is 8.18. The topological polar surface area (TPSA) is 92.5 Å². The molecule has 3 N–H and O–H groups in total. The first-order valence-electron chi connectivity index (χ1n) is 8.56. The fourth-order valence-corrected chi connectivity index (χ4v) is 3.71. The molecule has 138 valence electrons. The number of benzene rings is 2. The van der Waals surface area contributed by atoms with Gasteiger partial charge in [0.15, 0.2) is 0 Å². The van der Waals surface area contributed by atoms with E-state index in [1.54, 1.807) is 12.1 Å². The normalized spacial score (nSPS) is 14.0. The number of primary sulfonamides is 1. The molecular formula is C19H23N3O3S. The van der Waals surface area contributed by atoms with Crippen LogP contribution in [-0.2, 0) is 27.8 Å². The number of anilines is 1. The Kier molecular flexibility index (Phi) is 5.29. The molecule has 1 aliphatic heterocycles. The van der Waals surface area contributed by atoms with E-state index in [9.17, 15) is 13.2 Å². The fourth-order valence-electron chi connectivity index (χ4n) is 3.19. The highest BCUT2D eigenvalue weighted by Crippen LogP contribution is 2.27. The molecule has 0 radical (unpaired) electrons. The van der Waals surface area contributed by atoms with Gasteiger partial charge >= 0.3 is 0 Å². The van der Waals surface area contributed by atoms with E-state index >= 15 is 0 Å². The Morgan fingerprint density at radius 2 is 1.92 bits per heavy atom. The fraction of sp³-hybridized carbons (Fsp3) is 0.316. The maximum Gasteiger partial charge on any atom is 0.239 e. The van der Waals surface area contributed by atoms with Crippen LogP contribution in [0, 0.1) is 6.92 Å². The maximum atomic E-state index is 12.3. The number of carbonyl (C=O) groups is 1. The lowest BCUT2D eigenvalue weighted by Crippen LogP contribution is -2.39. The number of sulfonamides is 1. The molecule has 1 aliphatic rings. The zero-order chi connectivity index (χ0) is 18.7. The zero-order valence-electron chi connectivity index (χ0n) is 14.7. The third-order valence-electron chi connectivity index (χ3n) is 4.53. The minimum atomic E-state index is -3.70. The molecule has 2 aromatic carbocycles. The largest absolute Gasteiger partial charge is 0.362 e. The van der Waals surface area contributed by atoms with Crippen LogP contribution in [0.3, 0.4) is 0 Å². The average molecular weight is 373 g/mol. The van der Waals surface area contributed by atoms with Crippen LogP contribution in [0.1, 0.15) is 23.1 Å². The predicted molar refractivity (Wildman–Crippen MR) is 101 cm³/mol. The summed E-state index contributed by atoms with van der Waals surface area (Å²) in [5.74, 6) is -0.0612. The maximum absolute atomic E-state index is 12.3. The Morgan fingerprint density at radius 3 is 2.62 bits per heavy atom.